The molecule has 6 nitrogen and oxygen atoms in total. The normalized spacial score (nSPS) is 19.1. The lowest BCUT2D eigenvalue weighted by molar-refractivity contribution is -0.169. The fourth-order valence-electron chi connectivity index (χ4n) is 3.73. The van der Waals surface area contributed by atoms with Crippen molar-refractivity contribution in [2.45, 2.75) is 38.9 Å². The summed E-state index contributed by atoms with van der Waals surface area (Å²) in [4.78, 5) is 11.4. The van der Waals surface area contributed by atoms with E-state index in [2.05, 4.69) is 47.2 Å². The molecule has 26 heavy (non-hydrogen) atoms. The Morgan fingerprint density at radius 3 is 2.65 bits per heavy atom. The van der Waals surface area contributed by atoms with Crippen LogP contribution >= 0.6 is 0 Å². The Labute approximate surface area is 154 Å². The van der Waals surface area contributed by atoms with Gasteiger partial charge in [-0.15, -0.1) is 0 Å². The van der Waals surface area contributed by atoms with Crippen molar-refractivity contribution < 1.29 is 9.47 Å². The largest absolute Gasteiger partial charge is 0.347 e. The number of piperidine rings is 1. The van der Waals surface area contributed by atoms with Crippen molar-refractivity contribution >= 4 is 17.5 Å². The SMILES string of the molecule is CCc1cccc(C)c1Nc1ccnc(N2CCC3(CC2)OCCO3)n1. The lowest BCUT2D eigenvalue weighted by atomic mass is 10.0. The van der Waals surface area contributed by atoms with E-state index >= 15 is 0 Å². The molecule has 0 unspecified atom stereocenters. The van der Waals surface area contributed by atoms with Gasteiger partial charge in [0.1, 0.15) is 5.82 Å². The zero-order valence-corrected chi connectivity index (χ0v) is 15.5. The topological polar surface area (TPSA) is 59.5 Å². The number of aryl methyl sites for hydroxylation is 2. The summed E-state index contributed by atoms with van der Waals surface area (Å²) >= 11 is 0. The number of anilines is 3. The van der Waals surface area contributed by atoms with Crippen molar-refractivity contribution in [2.75, 3.05) is 36.5 Å². The highest BCUT2D eigenvalue weighted by molar-refractivity contribution is 5.65. The molecule has 0 amide bonds. The number of hydrogen-bond acceptors (Lipinski definition) is 6. The van der Waals surface area contributed by atoms with Gasteiger partial charge in [0.05, 0.1) is 13.2 Å². The van der Waals surface area contributed by atoms with Gasteiger partial charge in [0.25, 0.3) is 0 Å². The number of aromatic nitrogens is 2. The van der Waals surface area contributed by atoms with E-state index in [9.17, 15) is 0 Å². The summed E-state index contributed by atoms with van der Waals surface area (Å²) in [5.41, 5.74) is 3.66. The summed E-state index contributed by atoms with van der Waals surface area (Å²) in [5.74, 6) is 1.21. The number of nitrogens with one attached hydrogen (secondary N) is 1. The van der Waals surface area contributed by atoms with Crippen molar-refractivity contribution in [1.29, 1.82) is 0 Å². The molecule has 0 saturated carbocycles. The molecule has 3 heterocycles. The molecule has 0 atom stereocenters. The summed E-state index contributed by atoms with van der Waals surface area (Å²) in [7, 11) is 0. The van der Waals surface area contributed by atoms with Crippen molar-refractivity contribution in [1.82, 2.24) is 9.97 Å². The van der Waals surface area contributed by atoms with E-state index in [-0.39, 0.29) is 5.79 Å². The minimum atomic E-state index is -0.371. The molecular weight excluding hydrogens is 328 g/mol. The van der Waals surface area contributed by atoms with Gasteiger partial charge in [-0.2, -0.15) is 4.98 Å². The lowest BCUT2D eigenvalue weighted by Gasteiger charge is -2.37. The maximum absolute atomic E-state index is 5.80. The van der Waals surface area contributed by atoms with Gasteiger partial charge in [0.15, 0.2) is 5.79 Å². The molecule has 138 valence electrons. The van der Waals surface area contributed by atoms with Gasteiger partial charge >= 0.3 is 0 Å². The standard InChI is InChI=1S/C20H26N4O2/c1-3-16-6-4-5-15(2)18(16)22-17-7-10-21-19(23-17)24-11-8-20(9-12-24)25-13-14-26-20/h4-7,10H,3,8-9,11-14H2,1-2H3,(H,21,22,23). The van der Waals surface area contributed by atoms with Gasteiger partial charge in [-0.25, -0.2) is 4.98 Å². The first kappa shape index (κ1) is 17.2. The molecule has 0 bridgehead atoms. The first-order valence-electron chi connectivity index (χ1n) is 9.40. The zero-order chi connectivity index (χ0) is 18.0. The number of benzene rings is 1. The molecule has 6 heteroatoms. The van der Waals surface area contributed by atoms with E-state index in [0.29, 0.717) is 13.2 Å². The molecule has 0 radical (unpaired) electrons. The van der Waals surface area contributed by atoms with E-state index in [1.807, 2.05) is 12.3 Å². The summed E-state index contributed by atoms with van der Waals surface area (Å²) in [5, 5.41) is 3.49. The summed E-state index contributed by atoms with van der Waals surface area (Å²) in [6.45, 7) is 7.37. The zero-order valence-electron chi connectivity index (χ0n) is 15.5. The predicted molar refractivity (Wildman–Crippen MR) is 102 cm³/mol. The Balaban J connectivity index is 1.49. The number of ether oxygens (including phenoxy) is 2. The summed E-state index contributed by atoms with van der Waals surface area (Å²) < 4.78 is 11.6. The van der Waals surface area contributed by atoms with Gasteiger partial charge in [0, 0.05) is 37.8 Å². The molecule has 2 saturated heterocycles. The number of nitrogens with zero attached hydrogens (tertiary/aromatic N) is 3. The molecule has 1 aromatic heterocycles. The molecule has 1 N–H and O–H groups in total. The van der Waals surface area contributed by atoms with Gasteiger partial charge in [-0.1, -0.05) is 25.1 Å². The first-order valence-corrected chi connectivity index (χ1v) is 9.40. The van der Waals surface area contributed by atoms with Crippen LogP contribution in [0, 0.1) is 6.92 Å². The molecule has 2 fully saturated rings. The van der Waals surface area contributed by atoms with Crippen molar-refractivity contribution in [3.8, 4) is 0 Å². The van der Waals surface area contributed by atoms with Crippen LogP contribution in [0.4, 0.5) is 17.5 Å². The van der Waals surface area contributed by atoms with Crippen molar-refractivity contribution in [2.24, 2.45) is 0 Å². The Morgan fingerprint density at radius 2 is 1.92 bits per heavy atom. The van der Waals surface area contributed by atoms with Gasteiger partial charge in [-0.3, -0.25) is 0 Å². The average Bonchev–Trinajstić information content (AvgIpc) is 3.12. The van der Waals surface area contributed by atoms with Crippen LogP contribution in [0.25, 0.3) is 0 Å². The van der Waals surface area contributed by atoms with E-state index in [0.717, 1.165) is 49.8 Å². The average molecular weight is 354 g/mol. The Bertz CT molecular complexity index is 764. The maximum Gasteiger partial charge on any atom is 0.227 e. The van der Waals surface area contributed by atoms with Crippen LogP contribution in [0.3, 0.4) is 0 Å². The summed E-state index contributed by atoms with van der Waals surface area (Å²) in [6, 6.07) is 8.30. The van der Waals surface area contributed by atoms with E-state index < -0.39 is 0 Å². The summed E-state index contributed by atoms with van der Waals surface area (Å²) in [6.07, 6.45) is 4.51. The number of rotatable bonds is 4. The van der Waals surface area contributed by atoms with Crippen LogP contribution in [-0.4, -0.2) is 42.1 Å². The van der Waals surface area contributed by atoms with Crippen molar-refractivity contribution in [3.63, 3.8) is 0 Å². The molecule has 4 rings (SSSR count). The third-order valence-electron chi connectivity index (χ3n) is 5.26. The second-order valence-electron chi connectivity index (χ2n) is 6.92. The van der Waals surface area contributed by atoms with Crippen LogP contribution in [0.5, 0.6) is 0 Å². The molecule has 2 aliphatic heterocycles. The molecule has 1 spiro atoms. The molecule has 2 aliphatic rings. The lowest BCUT2D eigenvalue weighted by Crippen LogP contribution is -2.45. The highest BCUT2D eigenvalue weighted by Gasteiger charge is 2.40. The van der Waals surface area contributed by atoms with Crippen LogP contribution in [0.1, 0.15) is 30.9 Å². The van der Waals surface area contributed by atoms with Gasteiger partial charge in [0.2, 0.25) is 5.95 Å². The highest BCUT2D eigenvalue weighted by atomic mass is 16.7. The Kier molecular flexibility index (Phi) is 4.78. The molecule has 2 aromatic rings. The number of hydrogen-bond donors (Lipinski definition) is 1. The van der Waals surface area contributed by atoms with Crippen LogP contribution in [0.2, 0.25) is 0 Å². The van der Waals surface area contributed by atoms with Crippen molar-refractivity contribution in [3.05, 3.63) is 41.6 Å². The quantitative estimate of drug-likeness (QED) is 0.908. The van der Waals surface area contributed by atoms with Crippen LogP contribution < -0.4 is 10.2 Å². The monoisotopic (exact) mass is 354 g/mol. The number of para-hydroxylation sites is 1. The first-order chi connectivity index (χ1) is 12.7. The third kappa shape index (κ3) is 3.39. The second kappa shape index (κ2) is 7.21. The predicted octanol–water partition coefficient (Wildman–Crippen LogP) is 3.43. The van der Waals surface area contributed by atoms with Gasteiger partial charge < -0.3 is 19.7 Å². The molecule has 1 aromatic carbocycles. The van der Waals surface area contributed by atoms with E-state index in [1.54, 1.807) is 0 Å². The fourth-order valence-corrected chi connectivity index (χ4v) is 3.73. The third-order valence-corrected chi connectivity index (χ3v) is 5.26. The van der Waals surface area contributed by atoms with Crippen LogP contribution in [-0.2, 0) is 15.9 Å². The Hall–Kier alpha value is -2.18. The smallest absolute Gasteiger partial charge is 0.227 e. The highest BCUT2D eigenvalue weighted by Crippen LogP contribution is 2.32. The second-order valence-corrected chi connectivity index (χ2v) is 6.92. The minimum Gasteiger partial charge on any atom is -0.347 e. The van der Waals surface area contributed by atoms with Gasteiger partial charge in [-0.05, 0) is 30.5 Å². The van der Waals surface area contributed by atoms with E-state index in [4.69, 9.17) is 14.5 Å². The molecular formula is C20H26N4O2. The fraction of sp³-hybridized carbons (Fsp3) is 0.500. The molecule has 0 aliphatic carbocycles. The maximum atomic E-state index is 5.80. The van der Waals surface area contributed by atoms with E-state index in [1.165, 1.54) is 11.1 Å². The van der Waals surface area contributed by atoms with Crippen LogP contribution in [0.15, 0.2) is 30.5 Å². The minimum absolute atomic E-state index is 0.371. The Morgan fingerprint density at radius 1 is 1.15 bits per heavy atom.